The molecule has 1 aromatic rings. The molecule has 1 amide bonds. The summed E-state index contributed by atoms with van der Waals surface area (Å²) in [6, 6.07) is 2.61. The number of amides is 1. The van der Waals surface area contributed by atoms with Crippen LogP contribution in [0.1, 0.15) is 16.9 Å². The van der Waals surface area contributed by atoms with Gasteiger partial charge in [0.1, 0.15) is 0 Å². The maximum Gasteiger partial charge on any atom is 0.422 e. The van der Waals surface area contributed by atoms with E-state index < -0.39 is 18.7 Å². The largest absolute Gasteiger partial charge is 0.482 e. The Morgan fingerprint density at radius 3 is 2.84 bits per heavy atom. The van der Waals surface area contributed by atoms with Crippen LogP contribution in [0.3, 0.4) is 0 Å². The second-order valence-electron chi connectivity index (χ2n) is 3.59. The number of carbonyl (C=O) groups is 1. The number of rotatable bonds is 6. The molecule has 106 valence electrons. The fraction of sp³-hybridized carbons (Fsp3) is 0.455. The average molecular weight is 278 g/mol. The summed E-state index contributed by atoms with van der Waals surface area (Å²) < 4.78 is 40.7. The van der Waals surface area contributed by atoms with Gasteiger partial charge in [-0.1, -0.05) is 0 Å². The Hall–Kier alpha value is -1.83. The first kappa shape index (κ1) is 15.2. The van der Waals surface area contributed by atoms with E-state index in [1.807, 2.05) is 0 Å². The van der Waals surface area contributed by atoms with Crippen molar-refractivity contribution in [3.63, 3.8) is 0 Å². The maximum absolute atomic E-state index is 12.0. The van der Waals surface area contributed by atoms with Gasteiger partial charge in [-0.15, -0.1) is 0 Å². The maximum atomic E-state index is 12.0. The summed E-state index contributed by atoms with van der Waals surface area (Å²) in [6.45, 7) is -1.39. The average Bonchev–Trinajstić information content (AvgIpc) is 2.36. The van der Waals surface area contributed by atoms with Crippen LogP contribution in [0.25, 0.3) is 0 Å². The van der Waals surface area contributed by atoms with E-state index in [1.165, 1.54) is 18.3 Å². The van der Waals surface area contributed by atoms with E-state index in [9.17, 15) is 18.0 Å². The Bertz CT molecular complexity index is 424. The van der Waals surface area contributed by atoms with E-state index in [1.54, 1.807) is 0 Å². The van der Waals surface area contributed by atoms with Crippen molar-refractivity contribution in [1.29, 1.82) is 0 Å². The first-order chi connectivity index (χ1) is 8.94. The van der Waals surface area contributed by atoms with Crippen molar-refractivity contribution in [2.24, 2.45) is 0 Å². The third kappa shape index (κ3) is 5.56. The molecule has 0 atom stereocenters. The van der Waals surface area contributed by atoms with Crippen molar-refractivity contribution in [2.75, 3.05) is 19.8 Å². The lowest BCUT2D eigenvalue weighted by Crippen LogP contribution is -2.27. The molecule has 0 aliphatic heterocycles. The minimum Gasteiger partial charge on any atom is -0.482 e. The number of pyridine rings is 1. The summed E-state index contributed by atoms with van der Waals surface area (Å²) in [5.41, 5.74) is -0.218. The van der Waals surface area contributed by atoms with Gasteiger partial charge in [0.2, 0.25) is 0 Å². The summed E-state index contributed by atoms with van der Waals surface area (Å²) in [7, 11) is 0. The van der Waals surface area contributed by atoms with Gasteiger partial charge in [0, 0.05) is 19.3 Å². The molecule has 0 spiro atoms. The molecule has 0 saturated carbocycles. The van der Waals surface area contributed by atoms with Crippen LogP contribution in [0.15, 0.2) is 18.3 Å². The monoisotopic (exact) mass is 278 g/mol. The third-order valence-electron chi connectivity index (χ3n) is 2.00. The molecule has 19 heavy (non-hydrogen) atoms. The molecule has 5 nitrogen and oxygen atoms in total. The molecule has 0 bridgehead atoms. The van der Waals surface area contributed by atoms with E-state index in [0.29, 0.717) is 6.42 Å². The van der Waals surface area contributed by atoms with Crippen LogP contribution in [0.4, 0.5) is 13.2 Å². The van der Waals surface area contributed by atoms with E-state index in [2.05, 4.69) is 15.0 Å². The third-order valence-corrected chi connectivity index (χ3v) is 2.00. The molecule has 8 heteroatoms. The Labute approximate surface area is 107 Å². The van der Waals surface area contributed by atoms with Gasteiger partial charge in [0.15, 0.2) is 18.1 Å². The first-order valence-electron chi connectivity index (χ1n) is 5.47. The second kappa shape index (κ2) is 6.93. The highest BCUT2D eigenvalue weighted by atomic mass is 19.4. The lowest BCUT2D eigenvalue weighted by atomic mass is 10.3. The van der Waals surface area contributed by atoms with Crippen molar-refractivity contribution < 1.29 is 27.8 Å². The minimum absolute atomic E-state index is 0.0973. The number of halogens is 3. The highest BCUT2D eigenvalue weighted by molar-refractivity contribution is 5.94. The van der Waals surface area contributed by atoms with E-state index in [0.717, 1.165) is 0 Å². The van der Waals surface area contributed by atoms with Crippen LogP contribution < -0.4 is 10.1 Å². The van der Waals surface area contributed by atoms with Crippen molar-refractivity contribution in [2.45, 2.75) is 12.6 Å². The fourth-order valence-electron chi connectivity index (χ4n) is 1.20. The lowest BCUT2D eigenvalue weighted by molar-refractivity contribution is -0.153. The van der Waals surface area contributed by atoms with Crippen molar-refractivity contribution >= 4 is 5.91 Å². The van der Waals surface area contributed by atoms with Crippen molar-refractivity contribution in [3.8, 4) is 5.75 Å². The summed E-state index contributed by atoms with van der Waals surface area (Å²) >= 11 is 0. The topological polar surface area (TPSA) is 71.5 Å². The molecule has 2 N–H and O–H groups in total. The molecule has 0 aromatic carbocycles. The molecule has 1 heterocycles. The predicted molar refractivity (Wildman–Crippen MR) is 59.8 cm³/mol. The molecule has 0 fully saturated rings. The van der Waals surface area contributed by atoms with E-state index in [-0.39, 0.29) is 24.6 Å². The standard InChI is InChI=1S/C11H13F3N2O3/c12-11(13,14)7-19-8-3-1-4-15-9(8)10(18)16-5-2-6-17/h1,3-4,17H,2,5-7H2,(H,16,18). The van der Waals surface area contributed by atoms with Gasteiger partial charge in [-0.3, -0.25) is 4.79 Å². The molecule has 0 unspecified atom stereocenters. The zero-order valence-electron chi connectivity index (χ0n) is 9.91. The van der Waals surface area contributed by atoms with Crippen molar-refractivity contribution in [3.05, 3.63) is 24.0 Å². The van der Waals surface area contributed by atoms with E-state index >= 15 is 0 Å². The number of nitrogens with one attached hydrogen (secondary N) is 1. The molecule has 1 aromatic heterocycles. The molecule has 0 saturated heterocycles. The number of aliphatic hydroxyl groups is 1. The van der Waals surface area contributed by atoms with Crippen LogP contribution in [0.5, 0.6) is 5.75 Å². The van der Waals surface area contributed by atoms with Crippen LogP contribution >= 0.6 is 0 Å². The Morgan fingerprint density at radius 2 is 2.21 bits per heavy atom. The second-order valence-corrected chi connectivity index (χ2v) is 3.59. The highest BCUT2D eigenvalue weighted by Gasteiger charge is 2.29. The first-order valence-corrected chi connectivity index (χ1v) is 5.47. The summed E-state index contributed by atoms with van der Waals surface area (Å²) in [5, 5.41) is 11.0. The van der Waals surface area contributed by atoms with Gasteiger partial charge in [0.05, 0.1) is 0 Å². The lowest BCUT2D eigenvalue weighted by Gasteiger charge is -2.12. The smallest absolute Gasteiger partial charge is 0.422 e. The summed E-state index contributed by atoms with van der Waals surface area (Å²) in [4.78, 5) is 15.3. The zero-order valence-corrected chi connectivity index (χ0v) is 9.91. The number of hydrogen-bond acceptors (Lipinski definition) is 4. The quantitative estimate of drug-likeness (QED) is 0.765. The molecular weight excluding hydrogens is 265 g/mol. The normalized spacial score (nSPS) is 11.2. The number of hydrogen-bond donors (Lipinski definition) is 2. The summed E-state index contributed by atoms with van der Waals surface area (Å²) in [5.74, 6) is -0.882. The summed E-state index contributed by atoms with van der Waals surface area (Å²) in [6.07, 6.45) is -2.86. The molecular formula is C11H13F3N2O3. The molecule has 0 aliphatic carbocycles. The SMILES string of the molecule is O=C(NCCCO)c1ncccc1OCC(F)(F)F. The van der Waals surface area contributed by atoms with Gasteiger partial charge in [-0.05, 0) is 18.6 Å². The Balaban J connectivity index is 2.69. The Kier molecular flexibility index (Phi) is 5.56. The van der Waals surface area contributed by atoms with Crippen LogP contribution in [0, 0.1) is 0 Å². The van der Waals surface area contributed by atoms with Gasteiger partial charge in [-0.25, -0.2) is 4.98 Å². The number of aromatic nitrogens is 1. The number of carbonyl (C=O) groups excluding carboxylic acids is 1. The molecule has 0 radical (unpaired) electrons. The highest BCUT2D eigenvalue weighted by Crippen LogP contribution is 2.20. The van der Waals surface area contributed by atoms with Crippen LogP contribution in [-0.2, 0) is 0 Å². The van der Waals surface area contributed by atoms with Crippen molar-refractivity contribution in [1.82, 2.24) is 10.3 Å². The zero-order chi connectivity index (χ0) is 14.3. The number of alkyl halides is 3. The van der Waals surface area contributed by atoms with Gasteiger partial charge in [0.25, 0.3) is 5.91 Å². The van der Waals surface area contributed by atoms with E-state index in [4.69, 9.17) is 5.11 Å². The number of aliphatic hydroxyl groups excluding tert-OH is 1. The van der Waals surface area contributed by atoms with Gasteiger partial charge in [-0.2, -0.15) is 13.2 Å². The Morgan fingerprint density at radius 1 is 1.47 bits per heavy atom. The van der Waals surface area contributed by atoms with Crippen LogP contribution in [0.2, 0.25) is 0 Å². The van der Waals surface area contributed by atoms with Gasteiger partial charge >= 0.3 is 6.18 Å². The molecule has 0 aliphatic rings. The number of nitrogens with zero attached hydrogens (tertiary/aromatic N) is 1. The van der Waals surface area contributed by atoms with Gasteiger partial charge < -0.3 is 15.2 Å². The van der Waals surface area contributed by atoms with Crippen LogP contribution in [-0.4, -0.2) is 41.9 Å². The minimum atomic E-state index is -4.49. The number of ether oxygens (including phenoxy) is 1. The predicted octanol–water partition coefficient (Wildman–Crippen LogP) is 1.13. The fourth-order valence-corrected chi connectivity index (χ4v) is 1.20. The molecule has 1 rings (SSSR count).